The first-order valence-electron chi connectivity index (χ1n) is 7.77. The maximum Gasteiger partial charge on any atom is 0.137 e. The summed E-state index contributed by atoms with van der Waals surface area (Å²) in [5, 5.41) is 0.685. The lowest BCUT2D eigenvalue weighted by Gasteiger charge is -2.32. The van der Waals surface area contributed by atoms with Gasteiger partial charge >= 0.3 is 0 Å². The van der Waals surface area contributed by atoms with Crippen molar-refractivity contribution in [2.75, 3.05) is 19.7 Å². The van der Waals surface area contributed by atoms with Gasteiger partial charge in [0, 0.05) is 32.3 Å². The molecule has 1 aromatic carbocycles. The lowest BCUT2D eigenvalue weighted by atomic mass is 9.99. The molecule has 1 aromatic heterocycles. The van der Waals surface area contributed by atoms with E-state index in [-0.39, 0.29) is 0 Å². The number of para-hydroxylation sites is 1. The van der Waals surface area contributed by atoms with Crippen molar-refractivity contribution in [1.82, 2.24) is 14.5 Å². The highest BCUT2D eigenvalue weighted by Gasteiger charge is 2.21. The van der Waals surface area contributed by atoms with Gasteiger partial charge in [0.15, 0.2) is 0 Å². The van der Waals surface area contributed by atoms with Gasteiger partial charge in [0.25, 0.3) is 0 Å². The van der Waals surface area contributed by atoms with Gasteiger partial charge in [-0.1, -0.05) is 23.7 Å². The van der Waals surface area contributed by atoms with Crippen LogP contribution in [0.2, 0.25) is 5.02 Å². The number of nitrogens with zero attached hydrogens (tertiary/aromatic N) is 3. The molecular formula is C17H22ClN3O. The van der Waals surface area contributed by atoms with E-state index in [0.29, 0.717) is 10.9 Å². The molecule has 118 valence electrons. The third kappa shape index (κ3) is 3.81. The summed E-state index contributed by atoms with van der Waals surface area (Å²) in [6.07, 6.45) is 6.24. The maximum absolute atomic E-state index is 6.14. The topological polar surface area (TPSA) is 30.3 Å². The molecule has 2 heterocycles. The highest BCUT2D eigenvalue weighted by atomic mass is 35.5. The SMILES string of the molecule is Cn1cncc1CN1CCC[C@H](COc2ccccc2Cl)C1. The zero-order valence-corrected chi connectivity index (χ0v) is 13.7. The number of hydrogen-bond acceptors (Lipinski definition) is 3. The van der Waals surface area contributed by atoms with Crippen molar-refractivity contribution in [1.29, 1.82) is 0 Å². The van der Waals surface area contributed by atoms with E-state index in [2.05, 4.69) is 14.5 Å². The highest BCUT2D eigenvalue weighted by Crippen LogP contribution is 2.25. The van der Waals surface area contributed by atoms with Gasteiger partial charge in [0.05, 0.1) is 23.7 Å². The number of ether oxygens (including phenoxy) is 1. The minimum atomic E-state index is 0.554. The van der Waals surface area contributed by atoms with Crippen molar-refractivity contribution in [3.05, 3.63) is 47.5 Å². The molecule has 3 rings (SSSR count). The summed E-state index contributed by atoms with van der Waals surface area (Å²) in [7, 11) is 2.05. The van der Waals surface area contributed by atoms with Crippen molar-refractivity contribution in [2.24, 2.45) is 13.0 Å². The molecule has 0 spiro atoms. The zero-order valence-electron chi connectivity index (χ0n) is 12.9. The number of aryl methyl sites for hydroxylation is 1. The summed E-state index contributed by atoms with van der Waals surface area (Å²) in [6, 6.07) is 7.67. The average Bonchev–Trinajstić information content (AvgIpc) is 2.92. The number of hydrogen-bond donors (Lipinski definition) is 0. The summed E-state index contributed by atoms with van der Waals surface area (Å²) in [4.78, 5) is 6.68. The van der Waals surface area contributed by atoms with Crippen LogP contribution in [-0.4, -0.2) is 34.1 Å². The van der Waals surface area contributed by atoms with Crippen molar-refractivity contribution < 1.29 is 4.74 Å². The number of piperidine rings is 1. The van der Waals surface area contributed by atoms with Gasteiger partial charge in [0.1, 0.15) is 5.75 Å². The van der Waals surface area contributed by atoms with Crippen molar-refractivity contribution >= 4 is 11.6 Å². The van der Waals surface area contributed by atoms with E-state index in [1.807, 2.05) is 43.8 Å². The Labute approximate surface area is 136 Å². The molecule has 1 aliphatic rings. The second-order valence-electron chi connectivity index (χ2n) is 5.98. The molecule has 1 aliphatic heterocycles. The molecular weight excluding hydrogens is 298 g/mol. The molecule has 0 saturated carbocycles. The number of rotatable bonds is 5. The van der Waals surface area contributed by atoms with Crippen LogP contribution in [0.1, 0.15) is 18.5 Å². The molecule has 0 unspecified atom stereocenters. The number of imidazole rings is 1. The summed E-state index contributed by atoms with van der Waals surface area (Å²) in [5.41, 5.74) is 1.26. The molecule has 0 aliphatic carbocycles. The van der Waals surface area contributed by atoms with Gasteiger partial charge in [-0.15, -0.1) is 0 Å². The van der Waals surface area contributed by atoms with Crippen molar-refractivity contribution in [2.45, 2.75) is 19.4 Å². The molecule has 0 bridgehead atoms. The van der Waals surface area contributed by atoms with E-state index < -0.39 is 0 Å². The number of benzene rings is 1. The minimum absolute atomic E-state index is 0.554. The van der Waals surface area contributed by atoms with Gasteiger partial charge in [-0.25, -0.2) is 4.98 Å². The number of likely N-dealkylation sites (tertiary alicyclic amines) is 1. The smallest absolute Gasteiger partial charge is 0.137 e. The molecule has 22 heavy (non-hydrogen) atoms. The minimum Gasteiger partial charge on any atom is -0.492 e. The Morgan fingerprint density at radius 1 is 1.36 bits per heavy atom. The van der Waals surface area contributed by atoms with E-state index in [0.717, 1.165) is 32.0 Å². The van der Waals surface area contributed by atoms with Crippen LogP contribution in [0.15, 0.2) is 36.8 Å². The van der Waals surface area contributed by atoms with E-state index in [9.17, 15) is 0 Å². The van der Waals surface area contributed by atoms with Gasteiger partial charge in [0.2, 0.25) is 0 Å². The van der Waals surface area contributed by atoms with Gasteiger partial charge in [-0.3, -0.25) is 4.90 Å². The Kier molecular flexibility index (Phi) is 5.01. The predicted molar refractivity (Wildman–Crippen MR) is 88.2 cm³/mol. The fourth-order valence-electron chi connectivity index (χ4n) is 2.97. The first kappa shape index (κ1) is 15.4. The van der Waals surface area contributed by atoms with Crippen LogP contribution in [0, 0.1) is 5.92 Å². The van der Waals surface area contributed by atoms with Crippen LogP contribution in [0.4, 0.5) is 0 Å². The fraction of sp³-hybridized carbons (Fsp3) is 0.471. The Morgan fingerprint density at radius 3 is 3.00 bits per heavy atom. The summed E-state index contributed by atoms with van der Waals surface area (Å²) >= 11 is 6.14. The summed E-state index contributed by atoms with van der Waals surface area (Å²) in [6.45, 7) is 3.90. The molecule has 1 fully saturated rings. The average molecular weight is 320 g/mol. The second-order valence-corrected chi connectivity index (χ2v) is 6.39. The monoisotopic (exact) mass is 319 g/mol. The summed E-state index contributed by atoms with van der Waals surface area (Å²) < 4.78 is 7.99. The van der Waals surface area contributed by atoms with Crippen LogP contribution >= 0.6 is 11.6 Å². The Morgan fingerprint density at radius 2 is 2.23 bits per heavy atom. The first-order chi connectivity index (χ1) is 10.7. The van der Waals surface area contributed by atoms with Crippen molar-refractivity contribution in [3.8, 4) is 5.75 Å². The first-order valence-corrected chi connectivity index (χ1v) is 8.15. The van der Waals surface area contributed by atoms with Crippen LogP contribution in [-0.2, 0) is 13.6 Å². The number of aromatic nitrogens is 2. The van der Waals surface area contributed by atoms with E-state index in [1.54, 1.807) is 0 Å². The molecule has 0 N–H and O–H groups in total. The quantitative estimate of drug-likeness (QED) is 0.846. The third-order valence-electron chi connectivity index (χ3n) is 4.22. The van der Waals surface area contributed by atoms with Crippen LogP contribution in [0.25, 0.3) is 0 Å². The lowest BCUT2D eigenvalue weighted by Crippen LogP contribution is -2.37. The molecule has 1 atom stereocenters. The largest absolute Gasteiger partial charge is 0.492 e. The Hall–Kier alpha value is -1.52. The highest BCUT2D eigenvalue weighted by molar-refractivity contribution is 6.32. The molecule has 0 radical (unpaired) electrons. The fourth-order valence-corrected chi connectivity index (χ4v) is 3.16. The molecule has 2 aromatic rings. The van der Waals surface area contributed by atoms with Crippen LogP contribution in [0.5, 0.6) is 5.75 Å². The maximum atomic E-state index is 6.14. The molecule has 0 amide bonds. The van der Waals surface area contributed by atoms with Gasteiger partial charge in [-0.05, 0) is 31.5 Å². The van der Waals surface area contributed by atoms with Gasteiger partial charge in [-0.2, -0.15) is 0 Å². The summed E-state index contributed by atoms with van der Waals surface area (Å²) in [5.74, 6) is 1.34. The van der Waals surface area contributed by atoms with E-state index in [4.69, 9.17) is 16.3 Å². The normalized spacial score (nSPS) is 19.3. The molecule has 1 saturated heterocycles. The standard InChI is InChI=1S/C17H22ClN3O/c1-20-13-19-9-15(20)11-21-8-4-5-14(10-21)12-22-17-7-3-2-6-16(17)18/h2-3,6-7,9,13-14H,4-5,8,10-12H2,1H3/t14-/m0/s1. The van der Waals surface area contributed by atoms with E-state index in [1.165, 1.54) is 18.5 Å². The predicted octanol–water partition coefficient (Wildman–Crippen LogP) is 3.36. The number of halogens is 1. The lowest BCUT2D eigenvalue weighted by molar-refractivity contribution is 0.123. The Balaban J connectivity index is 1.52. The van der Waals surface area contributed by atoms with Crippen LogP contribution < -0.4 is 4.74 Å². The van der Waals surface area contributed by atoms with Crippen LogP contribution in [0.3, 0.4) is 0 Å². The zero-order chi connectivity index (χ0) is 15.4. The van der Waals surface area contributed by atoms with Crippen molar-refractivity contribution in [3.63, 3.8) is 0 Å². The molecule has 5 heteroatoms. The molecule has 4 nitrogen and oxygen atoms in total. The Bertz CT molecular complexity index is 613. The van der Waals surface area contributed by atoms with E-state index >= 15 is 0 Å². The van der Waals surface area contributed by atoms with Gasteiger partial charge < -0.3 is 9.30 Å². The third-order valence-corrected chi connectivity index (χ3v) is 4.53. The second kappa shape index (κ2) is 7.16.